The van der Waals surface area contributed by atoms with Gasteiger partial charge in [0.1, 0.15) is 0 Å². The molecule has 0 aliphatic rings. The molecule has 0 radical (unpaired) electrons. The maximum Gasteiger partial charge on any atom is 0.371 e. The van der Waals surface area contributed by atoms with Crippen molar-refractivity contribution >= 4 is 23.5 Å². The summed E-state index contributed by atoms with van der Waals surface area (Å²) in [7, 11) is 0. The minimum atomic E-state index is -1.17. The number of rotatable bonds is 5. The van der Waals surface area contributed by atoms with Gasteiger partial charge in [-0.25, -0.2) is 14.8 Å². The molecule has 0 atom stereocenters. The van der Waals surface area contributed by atoms with Crippen LogP contribution in [-0.4, -0.2) is 36.9 Å². The maximum absolute atomic E-state index is 12.9. The summed E-state index contributed by atoms with van der Waals surface area (Å²) in [6, 6.07) is 4.76. The van der Waals surface area contributed by atoms with Crippen molar-refractivity contribution in [3.05, 3.63) is 35.9 Å². The van der Waals surface area contributed by atoms with Crippen LogP contribution in [0.3, 0.4) is 0 Å². The molecule has 160 valence electrons. The Kier molecular flexibility index (Phi) is 5.22. The monoisotopic (exact) mass is 412 g/mol. The van der Waals surface area contributed by atoms with Gasteiger partial charge in [0.15, 0.2) is 17.3 Å². The Morgan fingerprint density at radius 2 is 1.80 bits per heavy atom. The van der Waals surface area contributed by atoms with Gasteiger partial charge in [0.25, 0.3) is 0 Å². The van der Waals surface area contributed by atoms with E-state index in [1.807, 2.05) is 33.0 Å². The van der Waals surface area contributed by atoms with Crippen molar-refractivity contribution in [3.63, 3.8) is 0 Å². The number of imidazole rings is 1. The number of aryl methyl sites for hydroxylation is 1. The topological polar surface area (TPSA) is 101 Å². The smallest absolute Gasteiger partial charge is 0.371 e. The van der Waals surface area contributed by atoms with Crippen LogP contribution in [0.5, 0.6) is 0 Å². The van der Waals surface area contributed by atoms with E-state index in [2.05, 4.69) is 30.7 Å². The average Bonchev–Trinajstić information content (AvgIpc) is 3.17. The molecule has 0 fully saturated rings. The highest BCUT2D eigenvalue weighted by Gasteiger charge is 2.38. The number of carbonyl (C=O) groups is 2. The van der Waals surface area contributed by atoms with Gasteiger partial charge in [-0.15, -0.1) is 0 Å². The van der Waals surface area contributed by atoms with Crippen molar-refractivity contribution in [1.82, 2.24) is 14.4 Å². The number of nitrogens with zero attached hydrogens (tertiary/aromatic N) is 4. The third-order valence-electron chi connectivity index (χ3n) is 4.75. The molecule has 3 heterocycles. The summed E-state index contributed by atoms with van der Waals surface area (Å²) in [6.45, 7) is 13.8. The predicted octanol–water partition coefficient (Wildman–Crippen LogP) is 4.56. The number of hydrogen-bond donors (Lipinski definition) is 1. The van der Waals surface area contributed by atoms with Gasteiger partial charge in [-0.3, -0.25) is 14.1 Å². The number of aromatic carboxylic acids is 1. The molecular formula is C22H28N4O4. The zero-order valence-electron chi connectivity index (χ0n) is 18.5. The van der Waals surface area contributed by atoms with Crippen LogP contribution in [0.1, 0.15) is 64.2 Å². The number of anilines is 1. The first-order chi connectivity index (χ1) is 13.8. The lowest BCUT2D eigenvalue weighted by molar-refractivity contribution is -0.117. The quantitative estimate of drug-likeness (QED) is 0.659. The van der Waals surface area contributed by atoms with Crippen LogP contribution in [-0.2, 0) is 4.79 Å². The Balaban J connectivity index is 2.30. The molecule has 0 unspecified atom stereocenters. The van der Waals surface area contributed by atoms with Crippen molar-refractivity contribution in [2.75, 3.05) is 4.90 Å². The van der Waals surface area contributed by atoms with Crippen molar-refractivity contribution in [1.29, 1.82) is 0 Å². The molecule has 3 rings (SSSR count). The van der Waals surface area contributed by atoms with E-state index in [1.54, 1.807) is 15.4 Å². The molecule has 0 spiro atoms. The van der Waals surface area contributed by atoms with E-state index in [-0.39, 0.29) is 22.8 Å². The van der Waals surface area contributed by atoms with Gasteiger partial charge in [-0.05, 0) is 50.8 Å². The Morgan fingerprint density at radius 3 is 2.33 bits per heavy atom. The van der Waals surface area contributed by atoms with Gasteiger partial charge in [-0.1, -0.05) is 20.8 Å². The molecule has 0 aromatic carbocycles. The number of carboxylic acids is 1. The minimum absolute atomic E-state index is 0.0339. The summed E-state index contributed by atoms with van der Waals surface area (Å²) in [5.41, 5.74) is 0.563. The SMILES string of the molecule is CC(=O)N(c1c(-c2ccc(C(=O)O)o2)nc2nc(C)ccn12)C(C)(C)CC(C)(C)C. The van der Waals surface area contributed by atoms with E-state index in [1.165, 1.54) is 13.0 Å². The Labute approximate surface area is 175 Å². The van der Waals surface area contributed by atoms with Gasteiger partial charge < -0.3 is 9.52 Å². The summed E-state index contributed by atoms with van der Waals surface area (Å²) >= 11 is 0. The highest BCUT2D eigenvalue weighted by Crippen LogP contribution is 2.39. The molecule has 1 N–H and O–H groups in total. The number of furan rings is 1. The number of amides is 1. The number of carbonyl (C=O) groups excluding carboxylic acids is 1. The second-order valence-electron chi connectivity index (χ2n) is 9.40. The van der Waals surface area contributed by atoms with Gasteiger partial charge >= 0.3 is 5.97 Å². The molecule has 3 aromatic rings. The summed E-state index contributed by atoms with van der Waals surface area (Å²) in [5, 5.41) is 9.25. The second kappa shape index (κ2) is 7.27. The molecular weight excluding hydrogens is 384 g/mol. The van der Waals surface area contributed by atoms with Crippen molar-refractivity contribution in [3.8, 4) is 11.5 Å². The fraction of sp³-hybridized carbons (Fsp3) is 0.455. The van der Waals surface area contributed by atoms with Crippen LogP contribution in [0.25, 0.3) is 17.2 Å². The normalized spacial score (nSPS) is 12.4. The maximum atomic E-state index is 12.9. The molecule has 8 nitrogen and oxygen atoms in total. The molecule has 30 heavy (non-hydrogen) atoms. The third-order valence-corrected chi connectivity index (χ3v) is 4.75. The van der Waals surface area contributed by atoms with Gasteiger partial charge in [0.2, 0.25) is 17.4 Å². The van der Waals surface area contributed by atoms with Crippen molar-refractivity contribution < 1.29 is 19.1 Å². The van der Waals surface area contributed by atoms with Crippen LogP contribution in [0, 0.1) is 12.3 Å². The highest BCUT2D eigenvalue weighted by atomic mass is 16.4. The zero-order chi connectivity index (χ0) is 22.4. The number of fused-ring (bicyclic) bond motifs is 1. The van der Waals surface area contributed by atoms with Crippen LogP contribution in [0.15, 0.2) is 28.8 Å². The third kappa shape index (κ3) is 4.08. The van der Waals surface area contributed by atoms with Gasteiger partial charge in [-0.2, -0.15) is 0 Å². The van der Waals surface area contributed by atoms with Crippen molar-refractivity contribution in [2.45, 2.75) is 60.4 Å². The Hall–Kier alpha value is -3.16. The van der Waals surface area contributed by atoms with Crippen LogP contribution in [0.4, 0.5) is 5.82 Å². The Bertz CT molecular complexity index is 1120. The van der Waals surface area contributed by atoms with E-state index >= 15 is 0 Å². The molecule has 0 aliphatic heterocycles. The number of hydrogen-bond acceptors (Lipinski definition) is 5. The standard InChI is InChI=1S/C22H28N4O4/c1-13-10-11-25-18(26(14(2)27)22(6,7)12-21(3,4)5)17(24-20(25)23-13)15-8-9-16(30-15)19(28)29/h8-11H,12H2,1-7H3,(H,28,29). The highest BCUT2D eigenvalue weighted by molar-refractivity contribution is 5.96. The van der Waals surface area contributed by atoms with Crippen LogP contribution >= 0.6 is 0 Å². The van der Waals surface area contributed by atoms with E-state index < -0.39 is 11.5 Å². The molecule has 0 saturated heterocycles. The lowest BCUT2D eigenvalue weighted by Gasteiger charge is -2.41. The summed E-state index contributed by atoms with van der Waals surface area (Å²) in [4.78, 5) is 35.0. The number of aromatic nitrogens is 3. The molecule has 1 amide bonds. The fourth-order valence-electron chi connectivity index (χ4n) is 4.20. The fourth-order valence-corrected chi connectivity index (χ4v) is 4.20. The summed E-state index contributed by atoms with van der Waals surface area (Å²) < 4.78 is 7.28. The first kappa shape index (κ1) is 21.5. The second-order valence-corrected chi connectivity index (χ2v) is 9.40. The minimum Gasteiger partial charge on any atom is -0.475 e. The molecule has 0 saturated carbocycles. The molecule has 0 bridgehead atoms. The number of carboxylic acid groups (broad SMARTS) is 1. The van der Waals surface area contributed by atoms with Crippen LogP contribution < -0.4 is 4.90 Å². The largest absolute Gasteiger partial charge is 0.475 e. The zero-order valence-corrected chi connectivity index (χ0v) is 18.5. The first-order valence-corrected chi connectivity index (χ1v) is 9.80. The molecule has 0 aliphatic carbocycles. The first-order valence-electron chi connectivity index (χ1n) is 9.80. The van der Waals surface area contributed by atoms with Crippen molar-refractivity contribution in [2.24, 2.45) is 5.41 Å². The predicted molar refractivity (Wildman–Crippen MR) is 114 cm³/mol. The molecule has 8 heteroatoms. The summed E-state index contributed by atoms with van der Waals surface area (Å²) in [6.07, 6.45) is 2.54. The van der Waals surface area contributed by atoms with E-state index in [4.69, 9.17) is 4.42 Å². The average molecular weight is 412 g/mol. The van der Waals surface area contributed by atoms with Gasteiger partial charge in [0, 0.05) is 24.4 Å². The van der Waals surface area contributed by atoms with Gasteiger partial charge in [0.05, 0.1) is 0 Å². The van der Waals surface area contributed by atoms with E-state index in [9.17, 15) is 14.7 Å². The molecule has 3 aromatic heterocycles. The lowest BCUT2D eigenvalue weighted by Crippen LogP contribution is -2.50. The Morgan fingerprint density at radius 1 is 1.13 bits per heavy atom. The van der Waals surface area contributed by atoms with E-state index in [0.29, 0.717) is 17.3 Å². The summed E-state index contributed by atoms with van der Waals surface area (Å²) in [5.74, 6) is -0.338. The van der Waals surface area contributed by atoms with Crippen LogP contribution in [0.2, 0.25) is 0 Å². The van der Waals surface area contributed by atoms with E-state index in [0.717, 1.165) is 12.1 Å². The lowest BCUT2D eigenvalue weighted by atomic mass is 9.80.